The van der Waals surface area contributed by atoms with Crippen molar-refractivity contribution < 1.29 is 9.47 Å². The van der Waals surface area contributed by atoms with Crippen molar-refractivity contribution in [2.45, 2.75) is 73.6 Å². The summed E-state index contributed by atoms with van der Waals surface area (Å²) in [6.07, 6.45) is 1.07. The normalized spacial score (nSPS) is 12.1. The van der Waals surface area contributed by atoms with Crippen LogP contribution < -0.4 is 14.8 Å². The highest BCUT2D eigenvalue weighted by molar-refractivity contribution is 6.32. The highest BCUT2D eigenvalue weighted by Gasteiger charge is 2.25. The third-order valence-corrected chi connectivity index (χ3v) is 5.03. The highest BCUT2D eigenvalue weighted by Crippen LogP contribution is 2.37. The summed E-state index contributed by atoms with van der Waals surface area (Å²) in [5.74, 6) is 1.30. The SMILES string of the molecule is CCOc1cc(CNC(C)(C)CC(C)(C)C)cc(Cl)c1OCc1ccccc1C. The number of halogens is 1. The average molecular weight is 418 g/mol. The molecule has 0 radical (unpaired) electrons. The molecule has 0 aromatic heterocycles. The number of ether oxygens (including phenoxy) is 2. The minimum atomic E-state index is 0.0243. The van der Waals surface area contributed by atoms with E-state index in [2.05, 4.69) is 59.0 Å². The summed E-state index contributed by atoms with van der Waals surface area (Å²) in [4.78, 5) is 0. The molecule has 0 fully saturated rings. The molecule has 0 heterocycles. The van der Waals surface area contributed by atoms with E-state index in [4.69, 9.17) is 21.1 Å². The van der Waals surface area contributed by atoms with Crippen LogP contribution in [0.5, 0.6) is 11.5 Å². The van der Waals surface area contributed by atoms with Gasteiger partial charge in [-0.25, -0.2) is 0 Å². The van der Waals surface area contributed by atoms with Crippen molar-refractivity contribution >= 4 is 11.6 Å². The predicted octanol–water partition coefficient (Wildman–Crippen LogP) is 6.93. The molecule has 3 nitrogen and oxygen atoms in total. The van der Waals surface area contributed by atoms with Crippen LogP contribution in [0.4, 0.5) is 0 Å². The predicted molar refractivity (Wildman–Crippen MR) is 123 cm³/mol. The van der Waals surface area contributed by atoms with Gasteiger partial charge in [-0.15, -0.1) is 0 Å². The van der Waals surface area contributed by atoms with Gasteiger partial charge in [-0.2, -0.15) is 0 Å². The van der Waals surface area contributed by atoms with Gasteiger partial charge in [0.15, 0.2) is 11.5 Å². The van der Waals surface area contributed by atoms with Crippen LogP contribution >= 0.6 is 11.6 Å². The van der Waals surface area contributed by atoms with E-state index in [0.29, 0.717) is 29.7 Å². The molecule has 2 rings (SSSR count). The smallest absolute Gasteiger partial charge is 0.180 e. The molecule has 0 bridgehead atoms. The number of benzene rings is 2. The molecule has 0 atom stereocenters. The van der Waals surface area contributed by atoms with Gasteiger partial charge in [0.05, 0.1) is 11.6 Å². The Morgan fingerprint density at radius 3 is 2.31 bits per heavy atom. The van der Waals surface area contributed by atoms with Crippen LogP contribution in [0.1, 0.15) is 64.7 Å². The van der Waals surface area contributed by atoms with Crippen molar-refractivity contribution in [2.75, 3.05) is 6.61 Å². The lowest BCUT2D eigenvalue weighted by Gasteiger charge is -2.33. The molecule has 0 spiro atoms. The maximum Gasteiger partial charge on any atom is 0.180 e. The van der Waals surface area contributed by atoms with E-state index in [1.807, 2.05) is 31.2 Å². The lowest BCUT2D eigenvalue weighted by atomic mass is 9.82. The van der Waals surface area contributed by atoms with Crippen LogP contribution in [-0.2, 0) is 13.2 Å². The molecule has 0 aliphatic carbocycles. The van der Waals surface area contributed by atoms with Crippen LogP contribution in [0.15, 0.2) is 36.4 Å². The third-order valence-electron chi connectivity index (χ3n) is 4.75. The zero-order valence-corrected chi connectivity index (χ0v) is 19.7. The Kier molecular flexibility index (Phi) is 8.02. The standard InChI is InChI=1S/C25H36ClNO2/c1-8-28-22-14-19(15-27-25(6,7)17-24(3,4)5)13-21(26)23(22)29-16-20-12-10-9-11-18(20)2/h9-14,27H,8,15-17H2,1-7H3. The first-order chi connectivity index (χ1) is 13.5. The summed E-state index contributed by atoms with van der Waals surface area (Å²) < 4.78 is 11.9. The van der Waals surface area contributed by atoms with Gasteiger partial charge in [-0.05, 0) is 68.4 Å². The molecule has 2 aromatic carbocycles. The van der Waals surface area contributed by atoms with Gasteiger partial charge in [-0.1, -0.05) is 56.6 Å². The summed E-state index contributed by atoms with van der Waals surface area (Å²) in [5, 5.41) is 4.24. The van der Waals surface area contributed by atoms with E-state index < -0.39 is 0 Å². The summed E-state index contributed by atoms with van der Waals surface area (Å²) in [6.45, 7) is 17.1. The fraction of sp³-hybridized carbons (Fsp3) is 0.520. The Bertz CT molecular complexity index is 809. The summed E-state index contributed by atoms with van der Waals surface area (Å²) in [5.41, 5.74) is 3.71. The first kappa shape index (κ1) is 23.6. The number of aryl methyl sites for hydroxylation is 1. The fourth-order valence-electron chi connectivity index (χ4n) is 3.78. The fourth-order valence-corrected chi connectivity index (χ4v) is 4.07. The molecular formula is C25H36ClNO2. The van der Waals surface area contributed by atoms with Crippen molar-refractivity contribution in [1.29, 1.82) is 0 Å². The van der Waals surface area contributed by atoms with Crippen LogP contribution in [0.25, 0.3) is 0 Å². The molecule has 160 valence electrons. The van der Waals surface area contributed by atoms with Gasteiger partial charge in [0, 0.05) is 12.1 Å². The van der Waals surface area contributed by atoms with Crippen LogP contribution in [-0.4, -0.2) is 12.1 Å². The second-order valence-corrected chi connectivity index (χ2v) is 9.94. The minimum Gasteiger partial charge on any atom is -0.490 e. The molecule has 0 aliphatic rings. The summed E-state index contributed by atoms with van der Waals surface area (Å²) >= 11 is 6.60. The Hall–Kier alpha value is -1.71. The third kappa shape index (κ3) is 7.56. The Morgan fingerprint density at radius 2 is 1.69 bits per heavy atom. The van der Waals surface area contributed by atoms with Gasteiger partial charge in [-0.3, -0.25) is 0 Å². The Morgan fingerprint density at radius 1 is 1.00 bits per heavy atom. The van der Waals surface area contributed by atoms with Crippen molar-refractivity contribution in [3.8, 4) is 11.5 Å². The molecule has 0 unspecified atom stereocenters. The lowest BCUT2D eigenvalue weighted by Crippen LogP contribution is -2.41. The molecular weight excluding hydrogens is 382 g/mol. The van der Waals surface area contributed by atoms with Crippen LogP contribution in [0, 0.1) is 12.3 Å². The largest absolute Gasteiger partial charge is 0.490 e. The number of rotatable bonds is 9. The second kappa shape index (κ2) is 9.86. The van der Waals surface area contributed by atoms with E-state index >= 15 is 0 Å². The highest BCUT2D eigenvalue weighted by atomic mass is 35.5. The molecule has 0 saturated carbocycles. The van der Waals surface area contributed by atoms with Crippen molar-refractivity contribution in [2.24, 2.45) is 5.41 Å². The van der Waals surface area contributed by atoms with E-state index in [1.165, 1.54) is 5.56 Å². The van der Waals surface area contributed by atoms with Gasteiger partial charge >= 0.3 is 0 Å². The average Bonchev–Trinajstić information content (AvgIpc) is 2.59. The molecule has 0 saturated heterocycles. The summed E-state index contributed by atoms with van der Waals surface area (Å²) in [7, 11) is 0. The maximum absolute atomic E-state index is 6.60. The van der Waals surface area contributed by atoms with Crippen molar-refractivity contribution in [3.05, 3.63) is 58.1 Å². The maximum atomic E-state index is 6.60. The molecule has 2 aromatic rings. The topological polar surface area (TPSA) is 30.5 Å². The zero-order valence-electron chi connectivity index (χ0n) is 19.0. The zero-order chi connectivity index (χ0) is 21.7. The Balaban J connectivity index is 2.15. The molecule has 0 aliphatic heterocycles. The van der Waals surface area contributed by atoms with Gasteiger partial charge in [0.2, 0.25) is 0 Å². The quantitative estimate of drug-likeness (QED) is 0.479. The molecule has 1 N–H and O–H groups in total. The van der Waals surface area contributed by atoms with Gasteiger partial charge in [0.25, 0.3) is 0 Å². The lowest BCUT2D eigenvalue weighted by molar-refractivity contribution is 0.240. The number of hydrogen-bond donors (Lipinski definition) is 1. The van der Waals surface area contributed by atoms with E-state index in [1.54, 1.807) is 0 Å². The van der Waals surface area contributed by atoms with Crippen molar-refractivity contribution in [1.82, 2.24) is 5.32 Å². The Labute approximate surface area is 181 Å². The molecule has 4 heteroatoms. The van der Waals surface area contributed by atoms with Gasteiger partial charge in [0.1, 0.15) is 6.61 Å². The number of hydrogen-bond acceptors (Lipinski definition) is 3. The summed E-state index contributed by atoms with van der Waals surface area (Å²) in [6, 6.07) is 12.2. The van der Waals surface area contributed by atoms with Crippen molar-refractivity contribution in [3.63, 3.8) is 0 Å². The second-order valence-electron chi connectivity index (χ2n) is 9.53. The van der Waals surface area contributed by atoms with Gasteiger partial charge < -0.3 is 14.8 Å². The van der Waals surface area contributed by atoms with E-state index in [-0.39, 0.29) is 11.0 Å². The monoisotopic (exact) mass is 417 g/mol. The molecule has 29 heavy (non-hydrogen) atoms. The van der Waals surface area contributed by atoms with Crippen LogP contribution in [0.3, 0.4) is 0 Å². The first-order valence-electron chi connectivity index (χ1n) is 10.4. The van der Waals surface area contributed by atoms with E-state index in [9.17, 15) is 0 Å². The minimum absolute atomic E-state index is 0.0243. The number of nitrogens with one attached hydrogen (secondary N) is 1. The first-order valence-corrected chi connectivity index (χ1v) is 10.8. The van der Waals surface area contributed by atoms with Crippen LogP contribution in [0.2, 0.25) is 5.02 Å². The van der Waals surface area contributed by atoms with E-state index in [0.717, 1.165) is 24.1 Å². The molecule has 0 amide bonds.